The minimum atomic E-state index is -0.255. The van der Waals surface area contributed by atoms with Crippen LogP contribution in [0.3, 0.4) is 0 Å². The van der Waals surface area contributed by atoms with E-state index >= 15 is 0 Å². The molecule has 7 nitrogen and oxygen atoms in total. The van der Waals surface area contributed by atoms with Crippen molar-refractivity contribution in [3.8, 4) is 10.6 Å². The van der Waals surface area contributed by atoms with Crippen molar-refractivity contribution in [2.75, 3.05) is 5.32 Å². The molecule has 0 saturated carbocycles. The van der Waals surface area contributed by atoms with Crippen molar-refractivity contribution >= 4 is 33.8 Å². The fourth-order valence-electron chi connectivity index (χ4n) is 3.16. The van der Waals surface area contributed by atoms with Gasteiger partial charge in [-0.1, -0.05) is 6.07 Å². The number of pyridine rings is 1. The Hall–Kier alpha value is -3.39. The Morgan fingerprint density at radius 2 is 1.93 bits per heavy atom. The maximum absolute atomic E-state index is 12.9. The summed E-state index contributed by atoms with van der Waals surface area (Å²) in [7, 11) is 1.61. The van der Waals surface area contributed by atoms with Crippen molar-refractivity contribution in [3.05, 3.63) is 68.7 Å². The molecule has 0 atom stereocenters. The molecule has 1 aromatic carbocycles. The number of hydrogen-bond donors (Lipinski definition) is 1. The van der Waals surface area contributed by atoms with Gasteiger partial charge in [0, 0.05) is 24.3 Å². The summed E-state index contributed by atoms with van der Waals surface area (Å²) in [5, 5.41) is 8.59. The molecule has 1 amide bonds. The lowest BCUT2D eigenvalue weighted by molar-refractivity contribution is 0.103. The van der Waals surface area contributed by atoms with E-state index in [1.807, 2.05) is 44.2 Å². The largest absolute Gasteiger partial charge is 0.321 e. The Kier molecular flexibility index (Phi) is 4.71. The lowest BCUT2D eigenvalue weighted by atomic mass is 10.1. The number of hydrogen-bond acceptors (Lipinski definition) is 6. The van der Waals surface area contributed by atoms with Gasteiger partial charge in [-0.15, -0.1) is 11.3 Å². The van der Waals surface area contributed by atoms with E-state index in [1.54, 1.807) is 20.2 Å². The molecular weight excluding hydrogens is 386 g/mol. The summed E-state index contributed by atoms with van der Waals surface area (Å²) >= 11 is 1.21. The molecule has 0 aliphatic heterocycles. The molecule has 0 saturated heterocycles. The van der Waals surface area contributed by atoms with E-state index in [0.29, 0.717) is 26.8 Å². The molecule has 1 N–H and O–H groups in total. The van der Waals surface area contributed by atoms with Crippen LogP contribution in [-0.4, -0.2) is 25.7 Å². The van der Waals surface area contributed by atoms with Gasteiger partial charge in [0.05, 0.1) is 22.5 Å². The van der Waals surface area contributed by atoms with Gasteiger partial charge in [0.2, 0.25) is 0 Å². The van der Waals surface area contributed by atoms with Crippen LogP contribution in [0.1, 0.15) is 26.6 Å². The second-order valence-corrected chi connectivity index (χ2v) is 7.81. The van der Waals surface area contributed by atoms with Crippen molar-refractivity contribution < 1.29 is 4.79 Å². The van der Waals surface area contributed by atoms with Gasteiger partial charge in [0.25, 0.3) is 11.5 Å². The molecule has 29 heavy (non-hydrogen) atoms. The number of nitrogens with one attached hydrogen (secondary N) is 1. The summed E-state index contributed by atoms with van der Waals surface area (Å²) in [5.41, 5.74) is 3.92. The monoisotopic (exact) mass is 405 g/mol. The molecule has 8 heteroatoms. The predicted molar refractivity (Wildman–Crippen MR) is 114 cm³/mol. The zero-order chi connectivity index (χ0) is 20.7. The van der Waals surface area contributed by atoms with Crippen molar-refractivity contribution in [1.82, 2.24) is 19.7 Å². The lowest BCUT2D eigenvalue weighted by Gasteiger charge is -2.07. The Morgan fingerprint density at radius 1 is 1.14 bits per heavy atom. The van der Waals surface area contributed by atoms with Gasteiger partial charge in [-0.25, -0.2) is 9.67 Å². The number of thiazole rings is 1. The van der Waals surface area contributed by atoms with Gasteiger partial charge in [-0.2, -0.15) is 5.10 Å². The van der Waals surface area contributed by atoms with Crippen LogP contribution in [0.15, 0.2) is 41.3 Å². The average Bonchev–Trinajstić information content (AvgIpc) is 3.08. The van der Waals surface area contributed by atoms with Gasteiger partial charge < -0.3 is 5.32 Å². The standard InChI is InChI=1S/C21H19N5O2S/c1-11-12(2)25-26(4)21(28)17(11)20-23-13(3)18(29-20)19(27)24-15-7-8-16-14(10-15)6-5-9-22-16/h5-10H,1-4H3,(H,24,27). The van der Waals surface area contributed by atoms with E-state index < -0.39 is 0 Å². The van der Waals surface area contributed by atoms with E-state index in [9.17, 15) is 9.59 Å². The van der Waals surface area contributed by atoms with Gasteiger partial charge in [-0.3, -0.25) is 14.6 Å². The average molecular weight is 405 g/mol. The van der Waals surface area contributed by atoms with E-state index in [2.05, 4.69) is 20.4 Å². The number of rotatable bonds is 3. The van der Waals surface area contributed by atoms with Crippen LogP contribution in [0.2, 0.25) is 0 Å². The van der Waals surface area contributed by atoms with Crippen molar-refractivity contribution in [2.24, 2.45) is 7.05 Å². The number of nitrogens with zero attached hydrogens (tertiary/aromatic N) is 4. The van der Waals surface area contributed by atoms with E-state index in [-0.39, 0.29) is 11.5 Å². The Labute approximate surface area is 171 Å². The number of fused-ring (bicyclic) bond motifs is 1. The van der Waals surface area contributed by atoms with Crippen LogP contribution in [0.4, 0.5) is 5.69 Å². The first-order valence-corrected chi connectivity index (χ1v) is 9.85. The van der Waals surface area contributed by atoms with Crippen molar-refractivity contribution in [2.45, 2.75) is 20.8 Å². The van der Waals surface area contributed by atoms with Crippen LogP contribution >= 0.6 is 11.3 Å². The van der Waals surface area contributed by atoms with E-state index in [4.69, 9.17) is 0 Å². The number of amides is 1. The Balaban J connectivity index is 1.69. The van der Waals surface area contributed by atoms with Gasteiger partial charge in [0.15, 0.2) is 0 Å². The SMILES string of the molecule is Cc1nc(-c2c(C)c(C)nn(C)c2=O)sc1C(=O)Nc1ccc2ncccc2c1. The number of aromatic nitrogens is 4. The molecule has 146 valence electrons. The maximum atomic E-state index is 12.9. The van der Waals surface area contributed by atoms with Gasteiger partial charge in [0.1, 0.15) is 9.88 Å². The quantitative estimate of drug-likeness (QED) is 0.562. The minimum absolute atomic E-state index is 0.226. The van der Waals surface area contributed by atoms with Gasteiger partial charge >= 0.3 is 0 Å². The maximum Gasteiger partial charge on any atom is 0.277 e. The second kappa shape index (κ2) is 7.21. The fraction of sp³-hybridized carbons (Fsp3) is 0.190. The molecule has 0 spiro atoms. The zero-order valence-electron chi connectivity index (χ0n) is 16.5. The molecule has 4 aromatic rings. The molecular formula is C21H19N5O2S. The highest BCUT2D eigenvalue weighted by Crippen LogP contribution is 2.29. The molecule has 0 aliphatic rings. The third-order valence-electron chi connectivity index (χ3n) is 4.80. The minimum Gasteiger partial charge on any atom is -0.321 e. The molecule has 0 fully saturated rings. The summed E-state index contributed by atoms with van der Waals surface area (Å²) in [4.78, 5) is 34.7. The normalized spacial score (nSPS) is 11.0. The topological polar surface area (TPSA) is 89.8 Å². The molecule has 3 heterocycles. The number of carbonyl (C=O) groups is 1. The van der Waals surface area contributed by atoms with Crippen molar-refractivity contribution in [1.29, 1.82) is 0 Å². The first kappa shape index (κ1) is 18.9. The van der Waals surface area contributed by atoms with E-state index in [1.165, 1.54) is 16.0 Å². The Morgan fingerprint density at radius 3 is 2.72 bits per heavy atom. The molecule has 0 aliphatic carbocycles. The smallest absolute Gasteiger partial charge is 0.277 e. The highest BCUT2D eigenvalue weighted by molar-refractivity contribution is 7.17. The number of carbonyl (C=O) groups excluding carboxylic acids is 1. The van der Waals surface area contributed by atoms with E-state index in [0.717, 1.165) is 22.2 Å². The molecule has 4 rings (SSSR count). The van der Waals surface area contributed by atoms with Crippen molar-refractivity contribution in [3.63, 3.8) is 0 Å². The fourth-order valence-corrected chi connectivity index (χ4v) is 4.21. The lowest BCUT2D eigenvalue weighted by Crippen LogP contribution is -2.23. The highest BCUT2D eigenvalue weighted by atomic mass is 32.1. The summed E-state index contributed by atoms with van der Waals surface area (Å²) in [6.45, 7) is 5.46. The molecule has 0 bridgehead atoms. The summed E-state index contributed by atoms with van der Waals surface area (Å²) < 4.78 is 1.30. The predicted octanol–water partition coefficient (Wildman–Crippen LogP) is 3.63. The number of anilines is 1. The Bertz CT molecular complexity index is 1320. The third kappa shape index (κ3) is 3.42. The second-order valence-electron chi connectivity index (χ2n) is 6.81. The molecule has 3 aromatic heterocycles. The summed E-state index contributed by atoms with van der Waals surface area (Å²) in [5.74, 6) is -0.255. The number of aryl methyl sites for hydroxylation is 3. The molecule has 0 radical (unpaired) electrons. The highest BCUT2D eigenvalue weighted by Gasteiger charge is 2.21. The third-order valence-corrected chi connectivity index (χ3v) is 5.98. The van der Waals surface area contributed by atoms with Gasteiger partial charge in [-0.05, 0) is 50.6 Å². The zero-order valence-corrected chi connectivity index (χ0v) is 17.3. The number of benzene rings is 1. The first-order valence-electron chi connectivity index (χ1n) is 9.03. The van der Waals surface area contributed by atoms with Crippen LogP contribution in [-0.2, 0) is 7.05 Å². The van der Waals surface area contributed by atoms with Crippen LogP contribution in [0.5, 0.6) is 0 Å². The molecule has 0 unspecified atom stereocenters. The summed E-state index contributed by atoms with van der Waals surface area (Å²) in [6.07, 6.45) is 1.73. The van der Waals surface area contributed by atoms with Crippen LogP contribution in [0, 0.1) is 20.8 Å². The first-order chi connectivity index (χ1) is 13.8. The summed E-state index contributed by atoms with van der Waals surface area (Å²) in [6, 6.07) is 9.36. The van der Waals surface area contributed by atoms with Crippen LogP contribution in [0.25, 0.3) is 21.5 Å². The van der Waals surface area contributed by atoms with Crippen LogP contribution < -0.4 is 10.9 Å².